The summed E-state index contributed by atoms with van der Waals surface area (Å²) in [5.74, 6) is 2.88. The summed E-state index contributed by atoms with van der Waals surface area (Å²) in [4.78, 5) is 28.2. The second kappa shape index (κ2) is 11.5. The number of carbonyl (C=O) groups is 1. The third kappa shape index (κ3) is 5.09. The van der Waals surface area contributed by atoms with E-state index in [0.29, 0.717) is 27.9 Å². The molecule has 9 nitrogen and oxygen atoms in total. The molecule has 4 aromatic rings. The minimum atomic E-state index is -0.488. The van der Waals surface area contributed by atoms with Crippen LogP contribution in [0.4, 0.5) is 10.2 Å². The van der Waals surface area contributed by atoms with E-state index < -0.39 is 5.82 Å². The summed E-state index contributed by atoms with van der Waals surface area (Å²) in [5, 5.41) is 8.56. The molecule has 1 spiro atoms. The summed E-state index contributed by atoms with van der Waals surface area (Å²) in [5.41, 5.74) is 3.45. The van der Waals surface area contributed by atoms with E-state index in [-0.39, 0.29) is 29.0 Å². The number of ether oxygens (including phenoxy) is 1. The van der Waals surface area contributed by atoms with Gasteiger partial charge in [0.2, 0.25) is 5.91 Å². The number of aromatic amines is 1. The maximum absolute atomic E-state index is 17.0. The number of nitrogens with zero attached hydrogens (tertiary/aromatic N) is 6. The lowest BCUT2D eigenvalue weighted by Crippen LogP contribution is -2.61. The van der Waals surface area contributed by atoms with E-state index >= 15 is 4.39 Å². The fourth-order valence-corrected chi connectivity index (χ4v) is 7.35. The second-order valence-electron chi connectivity index (χ2n) is 12.7. The van der Waals surface area contributed by atoms with Crippen molar-refractivity contribution < 1.29 is 13.9 Å². The highest BCUT2D eigenvalue weighted by Crippen LogP contribution is 2.44. The Bertz CT molecular complexity index is 1840. The molecule has 3 fully saturated rings. The number of H-pyrrole nitrogens is 1. The van der Waals surface area contributed by atoms with E-state index in [2.05, 4.69) is 39.4 Å². The molecule has 232 valence electrons. The average Bonchev–Trinajstić information content (AvgIpc) is 3.53. The summed E-state index contributed by atoms with van der Waals surface area (Å²) in [7, 11) is 0. The standard InChI is InChI=1S/C35H38FN7O2/c1-5-23-18-25-32(31(36)30(23)29-22(4)8-9-27-26(29)19-37-40-27)38-34(45-24-10-14-41(7-3)15-11-24)39-33(25)42-16-12-35(13-17-42)20-43(21-35)28(44)6-2/h1,6,8-9,18-19,24H,2,7,10-17,20-21H2,3-4H3,(H,37,40). The van der Waals surface area contributed by atoms with E-state index in [9.17, 15) is 4.79 Å². The quantitative estimate of drug-likeness (QED) is 0.242. The van der Waals surface area contributed by atoms with Crippen LogP contribution in [0.3, 0.4) is 0 Å². The Morgan fingerprint density at radius 2 is 1.93 bits per heavy atom. The Morgan fingerprint density at radius 1 is 1.18 bits per heavy atom. The van der Waals surface area contributed by atoms with Crippen LogP contribution in [0, 0.1) is 30.5 Å². The number of amides is 1. The van der Waals surface area contributed by atoms with E-state index in [1.165, 1.54) is 6.08 Å². The predicted octanol–water partition coefficient (Wildman–Crippen LogP) is 5.08. The summed E-state index contributed by atoms with van der Waals surface area (Å²) < 4.78 is 23.4. The molecule has 0 unspecified atom stereocenters. The van der Waals surface area contributed by atoms with Crippen molar-refractivity contribution in [2.24, 2.45) is 5.41 Å². The first-order chi connectivity index (χ1) is 21.8. The lowest BCUT2D eigenvalue weighted by molar-refractivity contribution is -0.139. The SMILES string of the molecule is C#Cc1cc2c(N3CCC4(CC3)CN(C(=O)C=C)C4)nc(OC3CCN(CC)CC3)nc2c(F)c1-c1c(C)ccc2[nH]ncc12. The highest BCUT2D eigenvalue weighted by atomic mass is 19.1. The zero-order valence-corrected chi connectivity index (χ0v) is 25.9. The number of fused-ring (bicyclic) bond motifs is 2. The van der Waals surface area contributed by atoms with Crippen LogP contribution in [-0.2, 0) is 4.79 Å². The molecule has 0 radical (unpaired) electrons. The fourth-order valence-electron chi connectivity index (χ4n) is 7.35. The zero-order chi connectivity index (χ0) is 31.3. The van der Waals surface area contributed by atoms with Crippen molar-refractivity contribution in [1.82, 2.24) is 30.0 Å². The van der Waals surface area contributed by atoms with Gasteiger partial charge in [-0.3, -0.25) is 9.89 Å². The molecule has 45 heavy (non-hydrogen) atoms. The molecule has 3 aliphatic heterocycles. The number of aryl methyl sites for hydroxylation is 1. The molecule has 3 saturated heterocycles. The molecular weight excluding hydrogens is 569 g/mol. The predicted molar refractivity (Wildman–Crippen MR) is 174 cm³/mol. The van der Waals surface area contributed by atoms with Gasteiger partial charge in [0.15, 0.2) is 5.82 Å². The molecule has 0 saturated carbocycles. The Hall–Kier alpha value is -4.49. The van der Waals surface area contributed by atoms with Crippen LogP contribution in [0.25, 0.3) is 32.9 Å². The molecule has 2 aromatic carbocycles. The zero-order valence-electron chi connectivity index (χ0n) is 25.9. The van der Waals surface area contributed by atoms with Gasteiger partial charge in [0, 0.05) is 66.6 Å². The lowest BCUT2D eigenvalue weighted by atomic mass is 9.72. The molecule has 10 heteroatoms. The van der Waals surface area contributed by atoms with Gasteiger partial charge in [-0.15, -0.1) is 6.42 Å². The summed E-state index contributed by atoms with van der Waals surface area (Å²) >= 11 is 0. The second-order valence-corrected chi connectivity index (χ2v) is 12.7. The molecule has 7 rings (SSSR count). The van der Waals surface area contributed by atoms with Crippen LogP contribution < -0.4 is 9.64 Å². The number of anilines is 1. The van der Waals surface area contributed by atoms with Crippen LogP contribution in [-0.4, -0.2) is 87.8 Å². The van der Waals surface area contributed by atoms with Gasteiger partial charge in [-0.05, 0) is 68.5 Å². The van der Waals surface area contributed by atoms with Crippen molar-refractivity contribution in [1.29, 1.82) is 0 Å². The van der Waals surface area contributed by atoms with Crippen molar-refractivity contribution in [3.63, 3.8) is 0 Å². The number of likely N-dealkylation sites (tertiary alicyclic amines) is 2. The molecular formula is C35H38FN7O2. The number of hydrogen-bond donors (Lipinski definition) is 1. The molecule has 2 aromatic heterocycles. The van der Waals surface area contributed by atoms with Crippen LogP contribution >= 0.6 is 0 Å². The molecule has 5 heterocycles. The molecule has 3 aliphatic rings. The maximum Gasteiger partial charge on any atom is 0.319 e. The summed E-state index contributed by atoms with van der Waals surface area (Å²) in [6.45, 7) is 13.5. The van der Waals surface area contributed by atoms with Gasteiger partial charge in [0.05, 0.1) is 11.7 Å². The van der Waals surface area contributed by atoms with Crippen LogP contribution in [0.5, 0.6) is 6.01 Å². The highest BCUT2D eigenvalue weighted by Gasteiger charge is 2.46. The minimum absolute atomic E-state index is 0.0224. The Labute approximate surface area is 262 Å². The average molecular weight is 608 g/mol. The van der Waals surface area contributed by atoms with Gasteiger partial charge < -0.3 is 19.4 Å². The number of aromatic nitrogens is 4. The number of benzene rings is 2. The fraction of sp³-hybridized carbons (Fsp3) is 0.429. The molecule has 0 aliphatic carbocycles. The third-order valence-corrected chi connectivity index (χ3v) is 10.0. The Kier molecular flexibility index (Phi) is 7.44. The number of halogens is 1. The minimum Gasteiger partial charge on any atom is -0.460 e. The van der Waals surface area contributed by atoms with Crippen molar-refractivity contribution in [2.45, 2.75) is 45.6 Å². The van der Waals surface area contributed by atoms with Crippen molar-refractivity contribution in [2.75, 3.05) is 50.7 Å². The van der Waals surface area contributed by atoms with Gasteiger partial charge in [-0.2, -0.15) is 15.1 Å². The first-order valence-electron chi connectivity index (χ1n) is 15.8. The summed E-state index contributed by atoms with van der Waals surface area (Å²) in [6.07, 6.45) is 12.6. The van der Waals surface area contributed by atoms with Gasteiger partial charge in [0.1, 0.15) is 17.4 Å². The van der Waals surface area contributed by atoms with Crippen LogP contribution in [0.15, 0.2) is 37.1 Å². The largest absolute Gasteiger partial charge is 0.460 e. The van der Waals surface area contributed by atoms with E-state index in [4.69, 9.17) is 21.1 Å². The number of piperidine rings is 2. The Balaban J connectivity index is 1.30. The normalized spacial score (nSPS) is 18.7. The van der Waals surface area contributed by atoms with Crippen molar-refractivity contribution in [3.8, 4) is 29.5 Å². The number of terminal acetylenes is 1. The molecule has 0 bridgehead atoms. The number of hydrogen-bond acceptors (Lipinski definition) is 7. The monoisotopic (exact) mass is 607 g/mol. The molecule has 0 atom stereocenters. The highest BCUT2D eigenvalue weighted by molar-refractivity contribution is 6.02. The number of nitrogens with one attached hydrogen (secondary N) is 1. The van der Waals surface area contributed by atoms with E-state index in [1.54, 1.807) is 6.20 Å². The van der Waals surface area contributed by atoms with Crippen molar-refractivity contribution in [3.05, 3.63) is 54.0 Å². The lowest BCUT2D eigenvalue weighted by Gasteiger charge is -2.54. The first-order valence-corrected chi connectivity index (χ1v) is 15.8. The number of carbonyl (C=O) groups excluding carboxylic acids is 1. The first kappa shape index (κ1) is 29.2. The summed E-state index contributed by atoms with van der Waals surface area (Å²) in [6, 6.07) is 5.92. The van der Waals surface area contributed by atoms with Crippen molar-refractivity contribution >= 4 is 33.5 Å². The van der Waals surface area contributed by atoms with Gasteiger partial charge >= 0.3 is 6.01 Å². The third-order valence-electron chi connectivity index (χ3n) is 10.0. The van der Waals surface area contributed by atoms with Crippen LogP contribution in [0.2, 0.25) is 0 Å². The van der Waals surface area contributed by atoms with E-state index in [0.717, 1.165) is 88.0 Å². The van der Waals surface area contributed by atoms with Gasteiger partial charge in [-0.1, -0.05) is 25.5 Å². The molecule has 1 N–H and O–H groups in total. The molecule has 1 amide bonds. The van der Waals surface area contributed by atoms with Crippen LogP contribution in [0.1, 0.15) is 43.7 Å². The smallest absolute Gasteiger partial charge is 0.319 e. The van der Waals surface area contributed by atoms with Gasteiger partial charge in [0.25, 0.3) is 0 Å². The number of rotatable bonds is 6. The topological polar surface area (TPSA) is 90.5 Å². The van der Waals surface area contributed by atoms with E-state index in [1.807, 2.05) is 30.0 Å². The van der Waals surface area contributed by atoms with Gasteiger partial charge in [-0.25, -0.2) is 4.39 Å². The Morgan fingerprint density at radius 3 is 2.62 bits per heavy atom. The maximum atomic E-state index is 17.0.